The van der Waals surface area contributed by atoms with E-state index in [1.54, 1.807) is 25.2 Å². The zero-order chi connectivity index (χ0) is 18.6. The first-order valence-electron chi connectivity index (χ1n) is 9.53. The Morgan fingerprint density at radius 1 is 1.04 bits per heavy atom. The van der Waals surface area contributed by atoms with Crippen LogP contribution in [0.1, 0.15) is 51.0 Å². The first-order chi connectivity index (χ1) is 12.4. The van der Waals surface area contributed by atoms with Crippen molar-refractivity contribution in [1.82, 2.24) is 10.2 Å². The van der Waals surface area contributed by atoms with E-state index < -0.39 is 9.84 Å². The summed E-state index contributed by atoms with van der Waals surface area (Å²) < 4.78 is 24.2. The van der Waals surface area contributed by atoms with Gasteiger partial charge in [0.05, 0.1) is 11.0 Å². The van der Waals surface area contributed by atoms with Crippen LogP contribution in [-0.4, -0.2) is 29.6 Å². The maximum Gasteiger partial charge on any atom is 0.152 e. The third kappa shape index (κ3) is 5.13. The summed E-state index contributed by atoms with van der Waals surface area (Å²) in [6.45, 7) is 3.57. The van der Waals surface area contributed by atoms with Crippen LogP contribution in [0.25, 0.3) is 10.6 Å². The van der Waals surface area contributed by atoms with Crippen LogP contribution in [0.5, 0.6) is 0 Å². The van der Waals surface area contributed by atoms with Crippen LogP contribution in [0.4, 0.5) is 0 Å². The van der Waals surface area contributed by atoms with Gasteiger partial charge in [0.25, 0.3) is 0 Å². The smallest absolute Gasteiger partial charge is 0.152 e. The quantitative estimate of drug-likeness (QED) is 0.681. The van der Waals surface area contributed by atoms with Crippen LogP contribution in [0.2, 0.25) is 0 Å². The minimum atomic E-state index is -2.91. The highest BCUT2D eigenvalue weighted by molar-refractivity contribution is 7.91. The van der Waals surface area contributed by atoms with Gasteiger partial charge in [0.2, 0.25) is 0 Å². The van der Waals surface area contributed by atoms with Crippen molar-refractivity contribution in [3.05, 3.63) is 35.3 Å². The molecule has 0 N–H and O–H groups in total. The van der Waals surface area contributed by atoms with Crippen LogP contribution < -0.4 is 0 Å². The molecule has 1 heterocycles. The lowest BCUT2D eigenvalue weighted by atomic mass is 9.81. The van der Waals surface area contributed by atoms with E-state index in [-0.39, 0.29) is 5.25 Å². The zero-order valence-corrected chi connectivity index (χ0v) is 17.2. The largest absolute Gasteiger partial charge is 0.229 e. The van der Waals surface area contributed by atoms with Crippen molar-refractivity contribution in [3.8, 4) is 10.6 Å². The fourth-order valence-electron chi connectivity index (χ4n) is 3.59. The summed E-state index contributed by atoms with van der Waals surface area (Å²) in [5, 5.41) is 10.5. The van der Waals surface area contributed by atoms with Gasteiger partial charge < -0.3 is 0 Å². The van der Waals surface area contributed by atoms with E-state index in [1.807, 2.05) is 18.2 Å². The molecule has 2 aromatic rings. The second-order valence-electron chi connectivity index (χ2n) is 7.67. The molecule has 0 aliphatic heterocycles. The normalized spacial score (nSPS) is 21.2. The van der Waals surface area contributed by atoms with Gasteiger partial charge in [-0.1, -0.05) is 54.5 Å². The van der Waals surface area contributed by atoms with E-state index in [0.717, 1.165) is 54.1 Å². The van der Waals surface area contributed by atoms with Crippen molar-refractivity contribution in [1.29, 1.82) is 0 Å². The molecule has 3 rings (SSSR count). The first kappa shape index (κ1) is 19.5. The summed E-state index contributed by atoms with van der Waals surface area (Å²) in [5.41, 5.74) is 1.13. The standard InChI is InChI=1S/C20H28N2O2S2/c1-15(2)26(23,24)14-17-10-8-16(9-11-17)12-13-19-21-22-20(25-19)18-6-4-3-5-7-18/h3-7,15-17H,8-14H2,1-2H3. The summed E-state index contributed by atoms with van der Waals surface area (Å²) >= 11 is 1.68. The Morgan fingerprint density at radius 2 is 1.69 bits per heavy atom. The van der Waals surface area contributed by atoms with Crippen molar-refractivity contribution in [2.75, 3.05) is 5.75 Å². The lowest BCUT2D eigenvalue weighted by Crippen LogP contribution is -2.26. The molecule has 6 heteroatoms. The Hall–Kier alpha value is -1.27. The fourth-order valence-corrected chi connectivity index (χ4v) is 5.82. The second-order valence-corrected chi connectivity index (χ2v) is 11.3. The van der Waals surface area contributed by atoms with E-state index in [4.69, 9.17) is 0 Å². The molecule has 142 valence electrons. The van der Waals surface area contributed by atoms with Gasteiger partial charge in [-0.15, -0.1) is 10.2 Å². The van der Waals surface area contributed by atoms with Crippen molar-refractivity contribution in [2.24, 2.45) is 11.8 Å². The van der Waals surface area contributed by atoms with Gasteiger partial charge in [0, 0.05) is 12.0 Å². The topological polar surface area (TPSA) is 59.9 Å². The number of nitrogens with zero attached hydrogens (tertiary/aromatic N) is 2. The van der Waals surface area contributed by atoms with E-state index in [1.165, 1.54) is 0 Å². The molecule has 0 bridgehead atoms. The summed E-state index contributed by atoms with van der Waals surface area (Å²) in [6.07, 6.45) is 6.48. The summed E-state index contributed by atoms with van der Waals surface area (Å²) in [7, 11) is -2.91. The average Bonchev–Trinajstić information content (AvgIpc) is 3.10. The van der Waals surface area contributed by atoms with Gasteiger partial charge in [-0.25, -0.2) is 8.42 Å². The number of sulfone groups is 1. The fraction of sp³-hybridized carbons (Fsp3) is 0.600. The SMILES string of the molecule is CC(C)S(=O)(=O)CC1CCC(CCc2nnc(-c3ccccc3)s2)CC1. The summed E-state index contributed by atoms with van der Waals surface area (Å²) in [4.78, 5) is 0. The third-order valence-corrected chi connectivity index (χ3v) is 8.81. The molecular weight excluding hydrogens is 364 g/mol. The van der Waals surface area contributed by atoms with Crippen molar-refractivity contribution < 1.29 is 8.42 Å². The third-order valence-electron chi connectivity index (χ3n) is 5.41. The van der Waals surface area contributed by atoms with Gasteiger partial charge in [-0.05, 0) is 44.9 Å². The Balaban J connectivity index is 1.45. The number of hydrogen-bond donors (Lipinski definition) is 0. The highest BCUT2D eigenvalue weighted by Crippen LogP contribution is 2.33. The molecule has 0 spiro atoms. The van der Waals surface area contributed by atoms with Gasteiger partial charge in [-0.2, -0.15) is 0 Å². The molecule has 1 aliphatic rings. The molecule has 26 heavy (non-hydrogen) atoms. The highest BCUT2D eigenvalue weighted by atomic mass is 32.2. The van der Waals surface area contributed by atoms with Gasteiger partial charge in [0.1, 0.15) is 10.0 Å². The monoisotopic (exact) mass is 392 g/mol. The molecule has 0 saturated heterocycles. The molecule has 1 saturated carbocycles. The van der Waals surface area contributed by atoms with E-state index in [9.17, 15) is 8.42 Å². The van der Waals surface area contributed by atoms with E-state index in [0.29, 0.717) is 17.6 Å². The van der Waals surface area contributed by atoms with Crippen LogP contribution in [0.3, 0.4) is 0 Å². The Morgan fingerprint density at radius 3 is 2.35 bits per heavy atom. The first-order valence-corrected chi connectivity index (χ1v) is 12.1. The molecule has 1 aromatic carbocycles. The number of hydrogen-bond acceptors (Lipinski definition) is 5. The maximum absolute atomic E-state index is 12.1. The lowest BCUT2D eigenvalue weighted by Gasteiger charge is -2.28. The minimum absolute atomic E-state index is 0.253. The van der Waals surface area contributed by atoms with Crippen molar-refractivity contribution in [2.45, 2.75) is 57.6 Å². The average molecular weight is 393 g/mol. The molecule has 0 amide bonds. The number of benzene rings is 1. The van der Waals surface area contributed by atoms with Gasteiger partial charge in [0.15, 0.2) is 9.84 Å². The minimum Gasteiger partial charge on any atom is -0.229 e. The van der Waals surface area contributed by atoms with Gasteiger partial charge in [-0.3, -0.25) is 0 Å². The maximum atomic E-state index is 12.1. The molecule has 0 atom stereocenters. The van der Waals surface area contributed by atoms with E-state index >= 15 is 0 Å². The summed E-state index contributed by atoms with van der Waals surface area (Å²) in [5.74, 6) is 1.41. The lowest BCUT2D eigenvalue weighted by molar-refractivity contribution is 0.278. The number of rotatable bonds is 7. The van der Waals surface area contributed by atoms with Crippen LogP contribution in [0.15, 0.2) is 30.3 Å². The molecule has 0 radical (unpaired) electrons. The molecule has 0 unspecified atom stereocenters. The van der Waals surface area contributed by atoms with Crippen LogP contribution in [-0.2, 0) is 16.3 Å². The van der Waals surface area contributed by atoms with Crippen molar-refractivity contribution in [3.63, 3.8) is 0 Å². The van der Waals surface area contributed by atoms with Crippen LogP contribution >= 0.6 is 11.3 Å². The predicted octanol–water partition coefficient (Wildman–Crippen LogP) is 4.77. The Kier molecular flexibility index (Phi) is 6.46. The molecular formula is C20H28N2O2S2. The number of aromatic nitrogens is 2. The van der Waals surface area contributed by atoms with Gasteiger partial charge >= 0.3 is 0 Å². The predicted molar refractivity (Wildman–Crippen MR) is 108 cm³/mol. The number of aryl methyl sites for hydroxylation is 1. The highest BCUT2D eigenvalue weighted by Gasteiger charge is 2.27. The molecule has 1 aliphatic carbocycles. The van der Waals surface area contributed by atoms with Crippen molar-refractivity contribution >= 4 is 21.2 Å². The Bertz CT molecular complexity index is 792. The zero-order valence-electron chi connectivity index (χ0n) is 15.6. The molecule has 1 fully saturated rings. The summed E-state index contributed by atoms with van der Waals surface area (Å²) in [6, 6.07) is 10.2. The molecule has 1 aromatic heterocycles. The Labute approximate surface area is 161 Å². The molecule has 4 nitrogen and oxygen atoms in total. The van der Waals surface area contributed by atoms with E-state index in [2.05, 4.69) is 22.3 Å². The van der Waals surface area contributed by atoms with Crippen LogP contribution in [0, 0.1) is 11.8 Å². The second kappa shape index (κ2) is 8.61.